The molecule has 0 aliphatic rings. The Kier molecular flexibility index (Phi) is 4.89. The molecule has 28 heavy (non-hydrogen) atoms. The van der Waals surface area contributed by atoms with Crippen molar-refractivity contribution >= 4 is 61.4 Å². The van der Waals surface area contributed by atoms with Crippen LogP contribution in [0.2, 0.25) is 5.02 Å². The molecule has 0 unspecified atom stereocenters. The number of fused-ring (bicyclic) bond motifs is 1. The quantitative estimate of drug-likeness (QED) is 0.416. The van der Waals surface area contributed by atoms with Crippen LogP contribution in [-0.4, -0.2) is 13.4 Å². The van der Waals surface area contributed by atoms with Gasteiger partial charge in [-0.25, -0.2) is 0 Å². The van der Waals surface area contributed by atoms with Gasteiger partial charge in [0.15, 0.2) is 5.58 Å². The number of halogens is 2. The van der Waals surface area contributed by atoms with Crippen LogP contribution in [-0.2, 0) is 10.0 Å². The second-order valence-corrected chi connectivity index (χ2v) is 8.54. The van der Waals surface area contributed by atoms with Gasteiger partial charge in [-0.1, -0.05) is 23.7 Å². The number of nitrogens with zero attached hydrogens (tertiary/aromatic N) is 2. The van der Waals surface area contributed by atoms with Gasteiger partial charge in [0.05, 0.1) is 22.7 Å². The van der Waals surface area contributed by atoms with E-state index < -0.39 is 10.0 Å². The molecule has 2 aromatic carbocycles. The third kappa shape index (κ3) is 3.40. The molecule has 4 rings (SSSR count). The summed E-state index contributed by atoms with van der Waals surface area (Å²) < 4.78 is 32.1. The summed E-state index contributed by atoms with van der Waals surface area (Å²) in [6.45, 7) is 0. The van der Waals surface area contributed by atoms with E-state index in [9.17, 15) is 8.42 Å². The fraction of sp³-hybridized carbons (Fsp3) is 0. The number of hydrogen-bond acceptors (Lipinski definition) is 5. The number of rotatable bonds is 5. The molecule has 2 heterocycles. The van der Waals surface area contributed by atoms with Gasteiger partial charge in [-0.2, -0.15) is 12.2 Å². The third-order valence-corrected chi connectivity index (χ3v) is 6.75. The molecule has 0 radical (unpaired) electrons. The minimum Gasteiger partial charge on any atom is -0.462 e. The van der Waals surface area contributed by atoms with Crippen LogP contribution in [0.4, 0.5) is 17.1 Å². The van der Waals surface area contributed by atoms with Crippen molar-refractivity contribution < 1.29 is 12.8 Å². The van der Waals surface area contributed by atoms with Gasteiger partial charge >= 0.3 is 0 Å². The molecule has 0 aliphatic heterocycles. The van der Waals surface area contributed by atoms with Crippen molar-refractivity contribution in [3.8, 4) is 0 Å². The van der Waals surface area contributed by atoms with Crippen LogP contribution in [0.3, 0.4) is 0 Å². The van der Waals surface area contributed by atoms with Crippen molar-refractivity contribution in [3.05, 3.63) is 78.3 Å². The molecular weight excluding hydrogens is 421 g/mol. The molecule has 1 N–H and O–H groups in total. The second-order valence-electron chi connectivity index (χ2n) is 5.84. The van der Waals surface area contributed by atoms with E-state index in [2.05, 4.69) is 10.3 Å². The number of benzene rings is 2. The molecule has 0 aliphatic carbocycles. The molecule has 0 spiro atoms. The molecule has 0 amide bonds. The smallest absolute Gasteiger partial charge is 0.279 e. The lowest BCUT2D eigenvalue weighted by atomic mass is 10.2. The Hall–Kier alpha value is -2.74. The number of anilines is 3. The average molecular weight is 434 g/mol. The molecule has 142 valence electrons. The summed E-state index contributed by atoms with van der Waals surface area (Å²) in [6.07, 6.45) is 4.80. The van der Waals surface area contributed by atoms with Crippen LogP contribution in [0.25, 0.3) is 11.0 Å². The van der Waals surface area contributed by atoms with Gasteiger partial charge in [0, 0.05) is 35.2 Å². The lowest BCUT2D eigenvalue weighted by molar-refractivity contribution is 0.598. The zero-order valence-electron chi connectivity index (χ0n) is 14.2. The van der Waals surface area contributed by atoms with Crippen LogP contribution in [0, 0.1) is 0 Å². The van der Waals surface area contributed by atoms with Crippen LogP contribution in [0.15, 0.2) is 82.6 Å². The highest BCUT2D eigenvalue weighted by atomic mass is 35.5. The Morgan fingerprint density at radius 2 is 1.79 bits per heavy atom. The van der Waals surface area contributed by atoms with Gasteiger partial charge in [-0.05, 0) is 42.5 Å². The summed E-state index contributed by atoms with van der Waals surface area (Å²) in [5.74, 6) is 0. The molecule has 6 nitrogen and oxygen atoms in total. The Labute approximate surface area is 171 Å². The highest BCUT2D eigenvalue weighted by Gasteiger charge is 2.27. The summed E-state index contributed by atoms with van der Waals surface area (Å²) in [4.78, 5) is 3.89. The van der Waals surface area contributed by atoms with E-state index in [1.165, 1.54) is 18.4 Å². The molecule has 2 aromatic heterocycles. The first-order chi connectivity index (χ1) is 13.5. The number of furan rings is 1. The number of nitrogens with one attached hydrogen (secondary N) is 1. The molecule has 0 saturated heterocycles. The van der Waals surface area contributed by atoms with Crippen LogP contribution in [0.5, 0.6) is 0 Å². The standard InChI is InChI=1S/C19H13Cl2N3O3S/c20-16-3-1-2-4-18(16)28(25,26)24(21)15-11-13-7-10-27-19(13)17(12-15)23-14-5-8-22-9-6-14/h1-12H,(H,22,23). The number of sulfonamides is 1. The molecule has 0 fully saturated rings. The first kappa shape index (κ1) is 18.6. The molecule has 0 atom stereocenters. The number of aromatic nitrogens is 1. The fourth-order valence-corrected chi connectivity index (χ4v) is 4.60. The van der Waals surface area contributed by atoms with Gasteiger partial charge < -0.3 is 9.73 Å². The Morgan fingerprint density at radius 3 is 2.54 bits per heavy atom. The summed E-state index contributed by atoms with van der Waals surface area (Å²) >= 11 is 12.3. The summed E-state index contributed by atoms with van der Waals surface area (Å²) in [5, 5.41) is 3.97. The van der Waals surface area contributed by atoms with Crippen molar-refractivity contribution in [3.63, 3.8) is 0 Å². The first-order valence-electron chi connectivity index (χ1n) is 8.11. The second kappa shape index (κ2) is 7.35. The maximum Gasteiger partial charge on any atom is 0.279 e. The zero-order valence-corrected chi connectivity index (χ0v) is 16.5. The summed E-state index contributed by atoms with van der Waals surface area (Å²) in [6, 6.07) is 14.6. The Balaban J connectivity index is 1.80. The van der Waals surface area contributed by atoms with E-state index in [1.54, 1.807) is 54.9 Å². The third-order valence-electron chi connectivity index (χ3n) is 4.02. The molecule has 0 saturated carbocycles. The predicted molar refractivity (Wildman–Crippen MR) is 111 cm³/mol. The number of pyridine rings is 1. The van der Waals surface area contributed by atoms with Gasteiger partial charge in [0.25, 0.3) is 10.0 Å². The monoisotopic (exact) mass is 433 g/mol. The van der Waals surface area contributed by atoms with E-state index in [-0.39, 0.29) is 15.6 Å². The van der Waals surface area contributed by atoms with E-state index in [0.717, 1.165) is 5.69 Å². The Bertz CT molecular complexity index is 1240. The largest absolute Gasteiger partial charge is 0.462 e. The Morgan fingerprint density at radius 1 is 1.04 bits per heavy atom. The molecule has 0 bridgehead atoms. The average Bonchev–Trinajstić information content (AvgIpc) is 3.17. The van der Waals surface area contributed by atoms with Crippen molar-refractivity contribution in [2.75, 3.05) is 9.14 Å². The van der Waals surface area contributed by atoms with Crippen LogP contribution in [0.1, 0.15) is 0 Å². The van der Waals surface area contributed by atoms with Gasteiger partial charge in [0.2, 0.25) is 0 Å². The van der Waals surface area contributed by atoms with Crippen molar-refractivity contribution in [1.82, 2.24) is 4.98 Å². The highest BCUT2D eigenvalue weighted by molar-refractivity contribution is 7.94. The minimum absolute atomic E-state index is 0.0809. The molecule has 4 aromatic rings. The minimum atomic E-state index is -4.07. The van der Waals surface area contributed by atoms with Crippen LogP contribution >= 0.6 is 23.4 Å². The highest BCUT2D eigenvalue weighted by Crippen LogP contribution is 2.36. The predicted octanol–water partition coefficient (Wildman–Crippen LogP) is 5.57. The summed E-state index contributed by atoms with van der Waals surface area (Å²) in [5.41, 5.74) is 2.14. The maximum atomic E-state index is 13.0. The van der Waals surface area contributed by atoms with Gasteiger partial charge in [0.1, 0.15) is 4.90 Å². The lowest BCUT2D eigenvalue weighted by Gasteiger charge is -2.18. The van der Waals surface area contributed by atoms with Crippen LogP contribution < -0.4 is 9.14 Å². The fourth-order valence-electron chi connectivity index (χ4n) is 2.73. The molecular formula is C19H13Cl2N3O3S. The van der Waals surface area contributed by atoms with Gasteiger partial charge in [-0.3, -0.25) is 4.98 Å². The number of hydrogen-bond donors (Lipinski definition) is 1. The lowest BCUT2D eigenvalue weighted by Crippen LogP contribution is -2.21. The van der Waals surface area contributed by atoms with Crippen molar-refractivity contribution in [2.24, 2.45) is 0 Å². The van der Waals surface area contributed by atoms with E-state index >= 15 is 0 Å². The molecule has 9 heteroatoms. The normalized spacial score (nSPS) is 11.5. The van der Waals surface area contributed by atoms with Gasteiger partial charge in [-0.15, -0.1) is 0 Å². The zero-order chi connectivity index (χ0) is 19.7. The van der Waals surface area contributed by atoms with E-state index in [0.29, 0.717) is 20.5 Å². The summed E-state index contributed by atoms with van der Waals surface area (Å²) in [7, 11) is -4.07. The maximum absolute atomic E-state index is 13.0. The van der Waals surface area contributed by atoms with Crippen molar-refractivity contribution in [2.45, 2.75) is 4.90 Å². The van der Waals surface area contributed by atoms with E-state index in [1.807, 2.05) is 0 Å². The topological polar surface area (TPSA) is 75.4 Å². The van der Waals surface area contributed by atoms with Crippen molar-refractivity contribution in [1.29, 1.82) is 0 Å². The first-order valence-corrected chi connectivity index (χ1v) is 10.3. The van der Waals surface area contributed by atoms with E-state index in [4.69, 9.17) is 27.8 Å². The SMILES string of the molecule is O=S(=O)(c1ccccc1Cl)N(Cl)c1cc(Nc2ccncc2)c2occc2c1.